The van der Waals surface area contributed by atoms with Crippen molar-refractivity contribution in [2.45, 2.75) is 57.5 Å². The summed E-state index contributed by atoms with van der Waals surface area (Å²) in [4.78, 5) is 2.52. The minimum atomic E-state index is -0.363. The molecule has 2 atom stereocenters. The molecular formula is C18H27N3. The first kappa shape index (κ1) is 15.9. The molecule has 0 fully saturated rings. The number of nitrogens with one attached hydrogen (secondary N) is 1. The van der Waals surface area contributed by atoms with E-state index in [4.69, 9.17) is 0 Å². The van der Waals surface area contributed by atoms with Gasteiger partial charge in [0.1, 0.15) is 5.54 Å². The third-order valence-corrected chi connectivity index (χ3v) is 4.96. The molecule has 0 spiro atoms. The molecule has 114 valence electrons. The number of aryl methyl sites for hydroxylation is 1. The van der Waals surface area contributed by atoms with Crippen LogP contribution in [-0.4, -0.2) is 25.2 Å². The molecular weight excluding hydrogens is 258 g/mol. The van der Waals surface area contributed by atoms with Crippen LogP contribution in [0.15, 0.2) is 24.3 Å². The second kappa shape index (κ2) is 6.95. The van der Waals surface area contributed by atoms with E-state index >= 15 is 0 Å². The van der Waals surface area contributed by atoms with E-state index in [2.05, 4.69) is 54.4 Å². The maximum atomic E-state index is 9.40. The average molecular weight is 285 g/mol. The fraction of sp³-hybridized carbons (Fsp3) is 0.611. The van der Waals surface area contributed by atoms with Crippen molar-refractivity contribution in [1.29, 1.82) is 5.26 Å². The van der Waals surface area contributed by atoms with Crippen molar-refractivity contribution >= 4 is 5.69 Å². The zero-order valence-electron chi connectivity index (χ0n) is 13.5. The molecule has 3 heteroatoms. The van der Waals surface area contributed by atoms with Crippen molar-refractivity contribution in [3.05, 3.63) is 29.8 Å². The first-order chi connectivity index (χ1) is 10.2. The molecule has 0 saturated heterocycles. The molecule has 1 aromatic carbocycles. The second-order valence-electron chi connectivity index (χ2n) is 6.11. The molecule has 1 aliphatic heterocycles. The van der Waals surface area contributed by atoms with Gasteiger partial charge in [0.25, 0.3) is 0 Å². The van der Waals surface area contributed by atoms with Gasteiger partial charge in [0.2, 0.25) is 0 Å². The van der Waals surface area contributed by atoms with Crippen LogP contribution in [0.5, 0.6) is 0 Å². The summed E-state index contributed by atoms with van der Waals surface area (Å²) in [6, 6.07) is 11.8. The van der Waals surface area contributed by atoms with Gasteiger partial charge >= 0.3 is 0 Å². The number of hydrogen-bond acceptors (Lipinski definition) is 3. The topological polar surface area (TPSA) is 39.1 Å². The number of para-hydroxylation sites is 1. The lowest BCUT2D eigenvalue weighted by Crippen LogP contribution is -2.43. The molecule has 2 unspecified atom stereocenters. The first-order valence-electron chi connectivity index (χ1n) is 8.10. The summed E-state index contributed by atoms with van der Waals surface area (Å²) >= 11 is 0. The number of rotatable bonds is 6. The SMILES string of the molecule is CCC(C#N)(CCCN1c2ccccc2CCC1C)NC. The second-order valence-corrected chi connectivity index (χ2v) is 6.11. The summed E-state index contributed by atoms with van der Waals surface area (Å²) < 4.78 is 0. The third kappa shape index (κ3) is 3.39. The van der Waals surface area contributed by atoms with Crippen LogP contribution in [0.3, 0.4) is 0 Å². The molecule has 0 aliphatic carbocycles. The summed E-state index contributed by atoms with van der Waals surface area (Å²) in [5.74, 6) is 0. The quantitative estimate of drug-likeness (QED) is 0.869. The highest BCUT2D eigenvalue weighted by atomic mass is 15.2. The van der Waals surface area contributed by atoms with Crippen LogP contribution in [0.25, 0.3) is 0 Å². The molecule has 0 saturated carbocycles. The summed E-state index contributed by atoms with van der Waals surface area (Å²) in [5.41, 5.74) is 2.49. The van der Waals surface area contributed by atoms with Gasteiger partial charge in [-0.2, -0.15) is 5.26 Å². The smallest absolute Gasteiger partial charge is 0.106 e. The zero-order valence-corrected chi connectivity index (χ0v) is 13.5. The normalized spacial score (nSPS) is 20.5. The van der Waals surface area contributed by atoms with Gasteiger partial charge in [-0.3, -0.25) is 0 Å². The lowest BCUT2D eigenvalue weighted by molar-refractivity contribution is 0.388. The van der Waals surface area contributed by atoms with E-state index in [0.717, 1.165) is 25.8 Å². The Morgan fingerprint density at radius 3 is 2.86 bits per heavy atom. The molecule has 0 bridgehead atoms. The fourth-order valence-electron chi connectivity index (χ4n) is 3.32. The van der Waals surface area contributed by atoms with Crippen LogP contribution in [0.2, 0.25) is 0 Å². The number of anilines is 1. The predicted octanol–water partition coefficient (Wildman–Crippen LogP) is 3.50. The van der Waals surface area contributed by atoms with E-state index in [1.165, 1.54) is 24.1 Å². The van der Waals surface area contributed by atoms with Gasteiger partial charge in [0, 0.05) is 18.3 Å². The lowest BCUT2D eigenvalue weighted by atomic mass is 9.91. The van der Waals surface area contributed by atoms with E-state index in [0.29, 0.717) is 6.04 Å². The molecule has 21 heavy (non-hydrogen) atoms. The van der Waals surface area contributed by atoms with Crippen LogP contribution in [0, 0.1) is 11.3 Å². The summed E-state index contributed by atoms with van der Waals surface area (Å²) in [7, 11) is 1.89. The van der Waals surface area contributed by atoms with Crippen LogP contribution in [0.1, 0.15) is 45.1 Å². The third-order valence-electron chi connectivity index (χ3n) is 4.96. The van der Waals surface area contributed by atoms with Crippen molar-refractivity contribution in [3.63, 3.8) is 0 Å². The van der Waals surface area contributed by atoms with Crippen molar-refractivity contribution in [2.75, 3.05) is 18.5 Å². The highest BCUT2D eigenvalue weighted by molar-refractivity contribution is 5.56. The van der Waals surface area contributed by atoms with Crippen LogP contribution >= 0.6 is 0 Å². The number of hydrogen-bond donors (Lipinski definition) is 1. The van der Waals surface area contributed by atoms with Gasteiger partial charge in [-0.1, -0.05) is 25.1 Å². The minimum absolute atomic E-state index is 0.363. The van der Waals surface area contributed by atoms with Crippen LogP contribution in [-0.2, 0) is 6.42 Å². The Morgan fingerprint density at radius 1 is 1.43 bits per heavy atom. The highest BCUT2D eigenvalue weighted by Gasteiger charge is 2.27. The van der Waals surface area contributed by atoms with Gasteiger partial charge in [-0.15, -0.1) is 0 Å². The first-order valence-corrected chi connectivity index (χ1v) is 8.10. The number of benzene rings is 1. The lowest BCUT2D eigenvalue weighted by Gasteiger charge is -2.38. The van der Waals surface area contributed by atoms with E-state index in [-0.39, 0.29) is 5.54 Å². The fourth-order valence-corrected chi connectivity index (χ4v) is 3.32. The Labute approximate surface area is 129 Å². The van der Waals surface area contributed by atoms with Gasteiger partial charge in [-0.25, -0.2) is 0 Å². The van der Waals surface area contributed by atoms with E-state index in [1.54, 1.807) is 0 Å². The summed E-state index contributed by atoms with van der Waals surface area (Å²) in [6.45, 7) is 5.42. The van der Waals surface area contributed by atoms with Gasteiger partial charge in [0.15, 0.2) is 0 Å². The molecule has 1 aromatic rings. The molecule has 3 nitrogen and oxygen atoms in total. The largest absolute Gasteiger partial charge is 0.369 e. The molecule has 1 aliphatic rings. The Balaban J connectivity index is 2.02. The van der Waals surface area contributed by atoms with Crippen molar-refractivity contribution in [1.82, 2.24) is 5.32 Å². The Kier molecular flexibility index (Phi) is 5.25. The summed E-state index contributed by atoms with van der Waals surface area (Å²) in [5, 5.41) is 12.6. The van der Waals surface area contributed by atoms with Gasteiger partial charge < -0.3 is 10.2 Å². The summed E-state index contributed by atoms with van der Waals surface area (Å²) in [6.07, 6.45) is 5.20. The maximum Gasteiger partial charge on any atom is 0.106 e. The molecule has 2 rings (SSSR count). The Hall–Kier alpha value is -1.53. The number of nitriles is 1. The Morgan fingerprint density at radius 2 is 2.19 bits per heavy atom. The van der Waals surface area contributed by atoms with Crippen LogP contribution in [0.4, 0.5) is 5.69 Å². The van der Waals surface area contributed by atoms with E-state index < -0.39 is 0 Å². The average Bonchev–Trinajstić information content (AvgIpc) is 2.54. The van der Waals surface area contributed by atoms with Crippen LogP contribution < -0.4 is 10.2 Å². The zero-order chi connectivity index (χ0) is 15.3. The molecule has 1 heterocycles. The maximum absolute atomic E-state index is 9.40. The van der Waals surface area contributed by atoms with Gasteiger partial charge in [-0.05, 0) is 57.7 Å². The van der Waals surface area contributed by atoms with E-state index in [9.17, 15) is 5.26 Å². The van der Waals surface area contributed by atoms with Crippen molar-refractivity contribution < 1.29 is 0 Å². The molecule has 0 amide bonds. The number of fused-ring (bicyclic) bond motifs is 1. The van der Waals surface area contributed by atoms with Crippen molar-refractivity contribution in [2.24, 2.45) is 0 Å². The molecule has 0 radical (unpaired) electrons. The monoisotopic (exact) mass is 285 g/mol. The van der Waals surface area contributed by atoms with Gasteiger partial charge in [0.05, 0.1) is 6.07 Å². The highest BCUT2D eigenvalue weighted by Crippen LogP contribution is 2.31. The predicted molar refractivity (Wildman–Crippen MR) is 88.5 cm³/mol. The molecule has 0 aromatic heterocycles. The number of nitrogens with zero attached hydrogens (tertiary/aromatic N) is 2. The van der Waals surface area contributed by atoms with Crippen molar-refractivity contribution in [3.8, 4) is 6.07 Å². The molecule has 1 N–H and O–H groups in total. The standard InChI is InChI=1S/C18H27N3/c1-4-18(14-19,20-3)12-7-13-21-15(2)10-11-16-8-5-6-9-17(16)21/h5-6,8-9,15,20H,4,7,10-13H2,1-3H3. The minimum Gasteiger partial charge on any atom is -0.369 e. The van der Waals surface area contributed by atoms with E-state index in [1.807, 2.05) is 7.05 Å². The Bertz CT molecular complexity index is 499.